The van der Waals surface area contributed by atoms with Crippen LogP contribution in [0.25, 0.3) is 0 Å². The second-order valence-electron chi connectivity index (χ2n) is 7.12. The van der Waals surface area contributed by atoms with Gasteiger partial charge in [-0.05, 0) is 113 Å². The monoisotopic (exact) mass is 487 g/mol. The summed E-state index contributed by atoms with van der Waals surface area (Å²) in [6.45, 7) is 13.2. The van der Waals surface area contributed by atoms with Crippen LogP contribution in [0.15, 0.2) is 0 Å². The summed E-state index contributed by atoms with van der Waals surface area (Å²) >= 11 is 0. The molecule has 0 unspecified atom stereocenters. The normalized spacial score (nSPS) is 22.0. The molecule has 0 saturated heterocycles. The maximum Gasteiger partial charge on any atom is 0 e. The molecule has 0 aromatic heterocycles. The van der Waals surface area contributed by atoms with Crippen LogP contribution in [0.4, 0.5) is 0 Å². The van der Waals surface area contributed by atoms with Crippen LogP contribution in [0.1, 0.15) is 41.5 Å². The Morgan fingerprint density at radius 2 is 0.560 bits per heavy atom. The van der Waals surface area contributed by atoms with Crippen molar-refractivity contribution in [2.45, 2.75) is 41.5 Å². The summed E-state index contributed by atoms with van der Waals surface area (Å²) in [5, 5.41) is 0. The summed E-state index contributed by atoms with van der Waals surface area (Å²) in [4.78, 5) is 0. The second-order valence-corrected chi connectivity index (χ2v) is 7.12. The second kappa shape index (κ2) is 15.2. The van der Waals surface area contributed by atoms with Crippen molar-refractivity contribution in [3.8, 4) is 0 Å². The zero-order valence-corrected chi connectivity index (χ0v) is 18.3. The molecule has 1 heteroatoms. The van der Waals surface area contributed by atoms with Gasteiger partial charge in [0.1, 0.15) is 0 Å². The van der Waals surface area contributed by atoms with Gasteiger partial charge in [-0.1, -0.05) is 41.5 Å². The summed E-state index contributed by atoms with van der Waals surface area (Å²) in [5.41, 5.74) is 0. The first-order chi connectivity index (χ1) is 11.4. The molecule has 0 N–H and O–H groups in total. The Kier molecular flexibility index (Phi) is 16.0. The average Bonchev–Trinajstić information content (AvgIpc) is 3.29. The van der Waals surface area contributed by atoms with Crippen LogP contribution in [0, 0.1) is 150 Å². The molecule has 0 heterocycles. The molecular weight excluding hydrogens is 456 g/mol. The predicted octanol–water partition coefficient (Wildman–Crippen LogP) is 6.14. The Morgan fingerprint density at radius 1 is 0.400 bits per heavy atom. The molecule has 141 valence electrons. The first-order valence-corrected chi connectivity index (χ1v) is 9.06. The first kappa shape index (κ1) is 26.2. The molecule has 0 nitrogen and oxygen atoms in total. The molecule has 0 spiro atoms. The molecule has 0 aliphatic heterocycles. The molecule has 0 aromatic carbocycles. The van der Waals surface area contributed by atoms with Crippen molar-refractivity contribution < 1.29 is 37.3 Å². The molecule has 3 aliphatic rings. The average molecular weight is 489 g/mol. The molecule has 3 saturated carbocycles. The molecular formula is C24H33Er. The van der Waals surface area contributed by atoms with E-state index in [0.717, 1.165) is 0 Å². The van der Waals surface area contributed by atoms with E-state index in [9.17, 15) is 0 Å². The van der Waals surface area contributed by atoms with E-state index in [2.05, 4.69) is 119 Å². The largest absolute Gasteiger partial charge is 0.0622 e. The number of hydrogen-bond acceptors (Lipinski definition) is 0. The summed E-state index contributed by atoms with van der Waals surface area (Å²) in [7, 11) is 0. The maximum absolute atomic E-state index is 2.20. The molecule has 3 fully saturated rings. The van der Waals surface area contributed by atoms with Crippen LogP contribution in [0.5, 0.6) is 0 Å². The van der Waals surface area contributed by atoms with E-state index < -0.39 is 0 Å². The van der Waals surface area contributed by atoms with Crippen molar-refractivity contribution in [3.63, 3.8) is 0 Å². The van der Waals surface area contributed by atoms with Crippen molar-refractivity contribution in [1.82, 2.24) is 0 Å². The van der Waals surface area contributed by atoms with Gasteiger partial charge in [-0.2, -0.15) is 0 Å². The minimum atomic E-state index is 0. The topological polar surface area (TPSA) is 0 Å². The van der Waals surface area contributed by atoms with Gasteiger partial charge in [-0.25, -0.2) is 0 Å². The Bertz CT molecular complexity index is 229. The number of rotatable bonds is 3. The van der Waals surface area contributed by atoms with Gasteiger partial charge in [0.2, 0.25) is 0 Å². The molecule has 25 heavy (non-hydrogen) atoms. The van der Waals surface area contributed by atoms with E-state index in [-0.39, 0.29) is 37.3 Å². The van der Waals surface area contributed by atoms with E-state index in [1.165, 1.54) is 17.8 Å². The first-order valence-electron chi connectivity index (χ1n) is 9.06. The van der Waals surface area contributed by atoms with Gasteiger partial charge in [0, 0.05) is 37.3 Å². The van der Waals surface area contributed by atoms with Crippen molar-refractivity contribution in [1.29, 1.82) is 0 Å². The van der Waals surface area contributed by atoms with Crippen LogP contribution in [-0.4, -0.2) is 0 Å². The zero-order chi connectivity index (χ0) is 17.9. The SMILES string of the molecule is CC(C)[C]1[CH][CH][CH][CH]1.CC(C)[C]1[CH][CH][CH][CH]1.CC(C)[C]1[CH][CH][CH][CH]1.[Er]. The van der Waals surface area contributed by atoms with Crippen LogP contribution >= 0.6 is 0 Å². The van der Waals surface area contributed by atoms with E-state index in [1.54, 1.807) is 0 Å². The summed E-state index contributed by atoms with van der Waals surface area (Å²) < 4.78 is 0. The van der Waals surface area contributed by atoms with E-state index in [0.29, 0.717) is 17.8 Å². The fraction of sp³-hybridized carbons (Fsp3) is 0.375. The van der Waals surface area contributed by atoms with E-state index >= 15 is 0 Å². The Hall–Kier alpha value is 1.25. The molecule has 0 atom stereocenters. The van der Waals surface area contributed by atoms with Gasteiger partial charge in [0.05, 0.1) is 0 Å². The van der Waals surface area contributed by atoms with Gasteiger partial charge in [-0.15, -0.1) is 0 Å². The molecule has 0 amide bonds. The van der Waals surface area contributed by atoms with Crippen LogP contribution < -0.4 is 0 Å². The van der Waals surface area contributed by atoms with Gasteiger partial charge in [0.25, 0.3) is 0 Å². The van der Waals surface area contributed by atoms with E-state index in [4.69, 9.17) is 0 Å². The number of hydrogen-bond donors (Lipinski definition) is 0. The third kappa shape index (κ3) is 11.6. The predicted molar refractivity (Wildman–Crippen MR) is 106 cm³/mol. The molecule has 15 radical (unpaired) electrons. The van der Waals surface area contributed by atoms with Crippen LogP contribution in [0.2, 0.25) is 0 Å². The summed E-state index contributed by atoms with van der Waals surface area (Å²) in [5.74, 6) is 6.36. The minimum absolute atomic E-state index is 0. The van der Waals surface area contributed by atoms with E-state index in [1.807, 2.05) is 0 Å². The molecule has 0 aromatic rings. The summed E-state index contributed by atoms with van der Waals surface area (Å²) in [6, 6.07) is 0. The van der Waals surface area contributed by atoms with Gasteiger partial charge < -0.3 is 0 Å². The Balaban J connectivity index is 0.000000339. The van der Waals surface area contributed by atoms with Crippen molar-refractivity contribution in [2.24, 2.45) is 17.8 Å². The quantitative estimate of drug-likeness (QED) is 0.447. The van der Waals surface area contributed by atoms with Crippen molar-refractivity contribution >= 4 is 0 Å². The van der Waals surface area contributed by atoms with Crippen LogP contribution in [0.3, 0.4) is 0 Å². The van der Waals surface area contributed by atoms with Gasteiger partial charge in [0.15, 0.2) is 0 Å². The fourth-order valence-corrected chi connectivity index (χ4v) is 2.32. The maximum atomic E-state index is 2.20. The zero-order valence-electron chi connectivity index (χ0n) is 16.4. The molecule has 0 bridgehead atoms. The third-order valence-electron chi connectivity index (χ3n) is 4.07. The Morgan fingerprint density at radius 3 is 0.640 bits per heavy atom. The third-order valence-corrected chi connectivity index (χ3v) is 4.07. The summed E-state index contributed by atoms with van der Waals surface area (Å²) in [6.07, 6.45) is 25.4. The molecule has 3 aliphatic carbocycles. The van der Waals surface area contributed by atoms with Crippen molar-refractivity contribution in [2.75, 3.05) is 0 Å². The Labute approximate surface area is 190 Å². The van der Waals surface area contributed by atoms with Crippen molar-refractivity contribution in [3.05, 3.63) is 94.8 Å². The van der Waals surface area contributed by atoms with Gasteiger partial charge >= 0.3 is 0 Å². The minimum Gasteiger partial charge on any atom is -0.0622 e. The fourth-order valence-electron chi connectivity index (χ4n) is 2.32. The van der Waals surface area contributed by atoms with Gasteiger partial charge in [-0.3, -0.25) is 0 Å². The molecule has 3 rings (SSSR count). The smallest absolute Gasteiger partial charge is 0 e. The van der Waals surface area contributed by atoms with Crippen LogP contribution in [-0.2, 0) is 0 Å². The standard InChI is InChI=1S/3C8H11.Er/c3*1-7(2)8-5-3-4-6-8;/h3*3-7H,1-2H3;.